The summed E-state index contributed by atoms with van der Waals surface area (Å²) in [5.41, 5.74) is 4.17. The van der Waals surface area contributed by atoms with Gasteiger partial charge in [-0.05, 0) is 36.5 Å². The van der Waals surface area contributed by atoms with Gasteiger partial charge in [-0.1, -0.05) is 30.3 Å². The predicted octanol–water partition coefficient (Wildman–Crippen LogP) is 3.44. The molecule has 0 radical (unpaired) electrons. The molecule has 1 aliphatic heterocycles. The van der Waals surface area contributed by atoms with E-state index >= 15 is 0 Å². The van der Waals surface area contributed by atoms with Crippen LogP contribution in [0.1, 0.15) is 51.7 Å². The minimum atomic E-state index is -0.186. The van der Waals surface area contributed by atoms with E-state index in [-0.39, 0.29) is 5.91 Å². The van der Waals surface area contributed by atoms with E-state index in [4.69, 9.17) is 4.42 Å². The van der Waals surface area contributed by atoms with Crippen LogP contribution in [0.2, 0.25) is 0 Å². The smallest absolute Gasteiger partial charge is 0.273 e. The average molecular weight is 374 g/mol. The Labute approximate surface area is 163 Å². The molecule has 6 nitrogen and oxygen atoms in total. The number of aromatic nitrogens is 2. The normalized spacial score (nSPS) is 15.9. The molecule has 1 amide bonds. The van der Waals surface area contributed by atoms with Crippen molar-refractivity contribution >= 4 is 11.7 Å². The lowest BCUT2D eigenvalue weighted by Crippen LogP contribution is -2.33. The molecule has 5 rings (SSSR count). The van der Waals surface area contributed by atoms with E-state index in [0.717, 1.165) is 49.5 Å². The predicted molar refractivity (Wildman–Crippen MR) is 105 cm³/mol. The van der Waals surface area contributed by atoms with Gasteiger partial charge in [-0.3, -0.25) is 4.79 Å². The number of benzene rings is 1. The third-order valence-electron chi connectivity index (χ3n) is 5.50. The van der Waals surface area contributed by atoms with Gasteiger partial charge in [0.2, 0.25) is 0 Å². The number of fused-ring (bicyclic) bond motifs is 1. The molecule has 1 N–H and O–H groups in total. The third kappa shape index (κ3) is 3.26. The number of oxazole rings is 1. The molecule has 6 heteroatoms. The monoisotopic (exact) mass is 374 g/mol. The van der Waals surface area contributed by atoms with Crippen LogP contribution in [0, 0.1) is 0 Å². The van der Waals surface area contributed by atoms with Crippen molar-refractivity contribution < 1.29 is 9.21 Å². The van der Waals surface area contributed by atoms with Crippen molar-refractivity contribution in [2.24, 2.45) is 0 Å². The van der Waals surface area contributed by atoms with Crippen LogP contribution in [0.15, 0.2) is 53.4 Å². The molecule has 0 unspecified atom stereocenters. The van der Waals surface area contributed by atoms with Gasteiger partial charge in [0.25, 0.3) is 5.91 Å². The van der Waals surface area contributed by atoms with Crippen LogP contribution < -0.4 is 10.2 Å². The fourth-order valence-corrected chi connectivity index (χ4v) is 3.85. The molecule has 1 aliphatic carbocycles. The summed E-state index contributed by atoms with van der Waals surface area (Å²) in [5, 5.41) is 2.99. The highest BCUT2D eigenvalue weighted by Gasteiger charge is 2.32. The zero-order valence-corrected chi connectivity index (χ0v) is 15.6. The van der Waals surface area contributed by atoms with E-state index in [9.17, 15) is 4.79 Å². The second-order valence-corrected chi connectivity index (χ2v) is 7.45. The summed E-state index contributed by atoms with van der Waals surface area (Å²) < 4.78 is 5.42. The number of rotatable bonds is 5. The van der Waals surface area contributed by atoms with Crippen molar-refractivity contribution in [2.45, 2.75) is 38.3 Å². The first-order valence-corrected chi connectivity index (χ1v) is 9.77. The third-order valence-corrected chi connectivity index (χ3v) is 5.50. The molecule has 0 bridgehead atoms. The minimum absolute atomic E-state index is 0.186. The van der Waals surface area contributed by atoms with Gasteiger partial charge >= 0.3 is 0 Å². The highest BCUT2D eigenvalue weighted by Crippen LogP contribution is 2.41. The SMILES string of the molecule is O=C(NCc1cccnc1N1CCc2ccccc2C1)c1ncoc1C1CC1. The van der Waals surface area contributed by atoms with Crippen molar-refractivity contribution in [2.75, 3.05) is 11.4 Å². The molecular formula is C22H22N4O2. The fraction of sp³-hybridized carbons (Fsp3) is 0.318. The summed E-state index contributed by atoms with van der Waals surface area (Å²) in [6.45, 7) is 2.17. The Bertz CT molecular complexity index is 1010. The van der Waals surface area contributed by atoms with Crippen LogP contribution >= 0.6 is 0 Å². The van der Waals surface area contributed by atoms with E-state index in [1.54, 1.807) is 0 Å². The first kappa shape index (κ1) is 17.0. The number of nitrogens with one attached hydrogen (secondary N) is 1. The second-order valence-electron chi connectivity index (χ2n) is 7.45. The Balaban J connectivity index is 1.32. The molecule has 3 heterocycles. The summed E-state index contributed by atoms with van der Waals surface area (Å²) in [7, 11) is 0. The molecule has 0 spiro atoms. The standard InChI is InChI=1S/C22H22N4O2/c27-22(19-20(16-7-8-16)28-14-25-19)24-12-17-6-3-10-23-21(17)26-11-9-15-4-1-2-5-18(15)13-26/h1-6,10,14,16H,7-9,11-13H2,(H,24,27). The Morgan fingerprint density at radius 2 is 2.00 bits per heavy atom. The van der Waals surface area contributed by atoms with Gasteiger partial charge in [-0.25, -0.2) is 9.97 Å². The van der Waals surface area contributed by atoms with Crippen LogP contribution in [0.3, 0.4) is 0 Å². The number of anilines is 1. The molecule has 28 heavy (non-hydrogen) atoms. The average Bonchev–Trinajstić information content (AvgIpc) is 3.48. The Hall–Kier alpha value is -3.15. The number of pyridine rings is 1. The van der Waals surface area contributed by atoms with Crippen molar-refractivity contribution in [3.63, 3.8) is 0 Å². The fourth-order valence-electron chi connectivity index (χ4n) is 3.85. The molecule has 2 aliphatic rings. The number of hydrogen-bond acceptors (Lipinski definition) is 5. The number of carbonyl (C=O) groups excluding carboxylic acids is 1. The summed E-state index contributed by atoms with van der Waals surface area (Å²) in [6.07, 6.45) is 6.31. The van der Waals surface area contributed by atoms with Crippen molar-refractivity contribution in [3.05, 3.63) is 77.1 Å². The molecule has 2 aromatic heterocycles. The van der Waals surface area contributed by atoms with E-state index in [0.29, 0.717) is 18.2 Å². The summed E-state index contributed by atoms with van der Waals surface area (Å²) >= 11 is 0. The molecule has 142 valence electrons. The maximum absolute atomic E-state index is 12.6. The number of carbonyl (C=O) groups is 1. The highest BCUT2D eigenvalue weighted by atomic mass is 16.3. The van der Waals surface area contributed by atoms with Gasteiger partial charge in [0.1, 0.15) is 11.6 Å². The minimum Gasteiger partial charge on any atom is -0.447 e. The van der Waals surface area contributed by atoms with E-state index in [2.05, 4.69) is 44.5 Å². The summed E-state index contributed by atoms with van der Waals surface area (Å²) in [4.78, 5) is 23.6. The van der Waals surface area contributed by atoms with Gasteiger partial charge in [0.15, 0.2) is 12.1 Å². The van der Waals surface area contributed by atoms with Crippen molar-refractivity contribution in [3.8, 4) is 0 Å². The summed E-state index contributed by atoms with van der Waals surface area (Å²) in [5.74, 6) is 1.82. The molecular weight excluding hydrogens is 352 g/mol. The molecule has 1 saturated carbocycles. The Kier molecular flexibility index (Phi) is 4.31. The number of hydrogen-bond donors (Lipinski definition) is 1. The lowest BCUT2D eigenvalue weighted by Gasteiger charge is -2.31. The van der Waals surface area contributed by atoms with Crippen LogP contribution in [0.5, 0.6) is 0 Å². The van der Waals surface area contributed by atoms with E-state index < -0.39 is 0 Å². The van der Waals surface area contributed by atoms with E-state index in [1.165, 1.54) is 17.5 Å². The van der Waals surface area contributed by atoms with Gasteiger partial charge in [-0.2, -0.15) is 0 Å². The van der Waals surface area contributed by atoms with Crippen LogP contribution in [0.25, 0.3) is 0 Å². The van der Waals surface area contributed by atoms with Crippen molar-refractivity contribution in [1.82, 2.24) is 15.3 Å². The first-order valence-electron chi connectivity index (χ1n) is 9.77. The molecule has 0 saturated heterocycles. The molecule has 3 aromatic rings. The van der Waals surface area contributed by atoms with Crippen LogP contribution in [-0.4, -0.2) is 22.4 Å². The van der Waals surface area contributed by atoms with Gasteiger partial charge in [0, 0.05) is 37.3 Å². The molecule has 1 aromatic carbocycles. The zero-order chi connectivity index (χ0) is 18.9. The second kappa shape index (κ2) is 7.11. The van der Waals surface area contributed by atoms with Gasteiger partial charge < -0.3 is 14.6 Å². The van der Waals surface area contributed by atoms with Crippen molar-refractivity contribution in [1.29, 1.82) is 0 Å². The maximum atomic E-state index is 12.6. The summed E-state index contributed by atoms with van der Waals surface area (Å²) in [6, 6.07) is 12.5. The van der Waals surface area contributed by atoms with Crippen LogP contribution in [-0.2, 0) is 19.5 Å². The van der Waals surface area contributed by atoms with Gasteiger partial charge in [-0.15, -0.1) is 0 Å². The van der Waals surface area contributed by atoms with Crippen LogP contribution in [0.4, 0.5) is 5.82 Å². The maximum Gasteiger partial charge on any atom is 0.273 e. The lowest BCUT2D eigenvalue weighted by atomic mass is 9.99. The zero-order valence-electron chi connectivity index (χ0n) is 15.6. The quantitative estimate of drug-likeness (QED) is 0.741. The molecule has 0 atom stereocenters. The first-order chi connectivity index (χ1) is 13.8. The van der Waals surface area contributed by atoms with Gasteiger partial charge in [0.05, 0.1) is 0 Å². The topological polar surface area (TPSA) is 71.3 Å². The molecule has 1 fully saturated rings. The Morgan fingerprint density at radius 3 is 2.86 bits per heavy atom. The number of amides is 1. The Morgan fingerprint density at radius 1 is 1.14 bits per heavy atom. The largest absolute Gasteiger partial charge is 0.447 e. The lowest BCUT2D eigenvalue weighted by molar-refractivity contribution is 0.0944. The highest BCUT2D eigenvalue weighted by molar-refractivity contribution is 5.93. The number of nitrogens with zero attached hydrogens (tertiary/aromatic N) is 3. The van der Waals surface area contributed by atoms with E-state index in [1.807, 2.05) is 18.3 Å².